The van der Waals surface area contributed by atoms with Crippen LogP contribution >= 0.6 is 0 Å². The highest BCUT2D eigenvalue weighted by atomic mass is 19.4. The molecule has 0 aliphatic carbocycles. The Hall–Kier alpha value is -1.35. The van der Waals surface area contributed by atoms with Crippen LogP contribution in [0, 0.1) is 0 Å². The van der Waals surface area contributed by atoms with Gasteiger partial charge in [-0.3, -0.25) is 9.59 Å². The molecule has 116 valence electrons. The number of ether oxygens (including phenoxy) is 1. The predicted octanol–water partition coefficient (Wildman–Crippen LogP) is 0.230. The van der Waals surface area contributed by atoms with Gasteiger partial charge in [0.05, 0.1) is 6.10 Å². The van der Waals surface area contributed by atoms with Crippen LogP contribution in [0.5, 0.6) is 0 Å². The molecule has 0 aromatic heterocycles. The molecule has 0 radical (unpaired) electrons. The normalized spacial score (nSPS) is 16.9. The Balaban J connectivity index is 2.47. The van der Waals surface area contributed by atoms with E-state index in [0.29, 0.717) is 12.8 Å². The highest BCUT2D eigenvalue weighted by Gasteiger charge is 2.34. The summed E-state index contributed by atoms with van der Waals surface area (Å²) >= 11 is 0. The van der Waals surface area contributed by atoms with Crippen LogP contribution in [0.1, 0.15) is 12.8 Å². The molecule has 20 heavy (non-hydrogen) atoms. The number of carboxylic acids is 1. The van der Waals surface area contributed by atoms with Gasteiger partial charge in [0.25, 0.3) is 0 Å². The summed E-state index contributed by atoms with van der Waals surface area (Å²) < 4.78 is 42.1. The number of halogens is 3. The highest BCUT2D eigenvalue weighted by molar-refractivity contribution is 5.82. The van der Waals surface area contributed by atoms with Gasteiger partial charge < -0.3 is 20.1 Å². The van der Waals surface area contributed by atoms with E-state index < -0.39 is 37.7 Å². The van der Waals surface area contributed by atoms with Crippen molar-refractivity contribution in [3.8, 4) is 0 Å². The maximum atomic E-state index is 12.3. The number of carbonyl (C=O) groups excluding carboxylic acids is 1. The van der Waals surface area contributed by atoms with Crippen molar-refractivity contribution >= 4 is 11.9 Å². The molecule has 0 unspecified atom stereocenters. The number of hydrogen-bond donors (Lipinski definition) is 2. The van der Waals surface area contributed by atoms with Crippen molar-refractivity contribution < 1.29 is 32.6 Å². The van der Waals surface area contributed by atoms with Gasteiger partial charge in [0.15, 0.2) is 0 Å². The number of carbonyl (C=O) groups is 2. The van der Waals surface area contributed by atoms with Crippen molar-refractivity contribution in [1.29, 1.82) is 0 Å². The second-order valence-corrected chi connectivity index (χ2v) is 4.52. The molecule has 2 N–H and O–H groups in total. The molecule has 1 amide bonds. The van der Waals surface area contributed by atoms with E-state index in [9.17, 15) is 22.8 Å². The van der Waals surface area contributed by atoms with Gasteiger partial charge in [0.1, 0.15) is 19.7 Å². The lowest BCUT2D eigenvalue weighted by molar-refractivity contribution is -0.169. The molecule has 1 heterocycles. The SMILES string of the molecule is O=C(O)CN(CC(F)(F)F)C(=O)COC1CCNCC1. The van der Waals surface area contributed by atoms with Crippen LogP contribution in [0.15, 0.2) is 0 Å². The summed E-state index contributed by atoms with van der Waals surface area (Å²) in [5.74, 6) is -2.47. The first-order chi connectivity index (χ1) is 9.28. The van der Waals surface area contributed by atoms with Crippen LogP contribution in [0.2, 0.25) is 0 Å². The smallest absolute Gasteiger partial charge is 0.406 e. The molecule has 1 rings (SSSR count). The third kappa shape index (κ3) is 6.71. The first-order valence-corrected chi connectivity index (χ1v) is 6.16. The maximum absolute atomic E-state index is 12.3. The number of alkyl halides is 3. The Morgan fingerprint density at radius 3 is 2.40 bits per heavy atom. The van der Waals surface area contributed by atoms with Gasteiger partial charge in [0.2, 0.25) is 5.91 Å². The third-order valence-electron chi connectivity index (χ3n) is 2.78. The van der Waals surface area contributed by atoms with Crippen LogP contribution < -0.4 is 5.32 Å². The van der Waals surface area contributed by atoms with Crippen molar-refractivity contribution in [2.45, 2.75) is 25.1 Å². The molecule has 0 aromatic rings. The van der Waals surface area contributed by atoms with Gasteiger partial charge in [-0.05, 0) is 25.9 Å². The van der Waals surface area contributed by atoms with E-state index in [2.05, 4.69) is 5.32 Å². The molecule has 0 saturated carbocycles. The van der Waals surface area contributed by atoms with E-state index in [1.807, 2.05) is 0 Å². The van der Waals surface area contributed by atoms with Gasteiger partial charge in [-0.1, -0.05) is 0 Å². The van der Waals surface area contributed by atoms with Crippen LogP contribution in [0.4, 0.5) is 13.2 Å². The summed E-state index contributed by atoms with van der Waals surface area (Å²) in [5, 5.41) is 11.6. The van der Waals surface area contributed by atoms with Crippen molar-refractivity contribution in [3.63, 3.8) is 0 Å². The number of nitrogens with one attached hydrogen (secondary N) is 1. The summed E-state index contributed by atoms with van der Waals surface area (Å²) in [6.07, 6.45) is -3.48. The van der Waals surface area contributed by atoms with Gasteiger partial charge in [-0.25, -0.2) is 0 Å². The minimum absolute atomic E-state index is 0.183. The van der Waals surface area contributed by atoms with Crippen molar-refractivity contribution in [2.24, 2.45) is 0 Å². The lowest BCUT2D eigenvalue weighted by Crippen LogP contribution is -2.44. The molecule has 0 bridgehead atoms. The zero-order chi connectivity index (χ0) is 15.2. The zero-order valence-corrected chi connectivity index (χ0v) is 10.8. The van der Waals surface area contributed by atoms with Gasteiger partial charge in [-0.2, -0.15) is 13.2 Å². The van der Waals surface area contributed by atoms with E-state index in [4.69, 9.17) is 9.84 Å². The molecular weight excluding hydrogens is 281 g/mol. The van der Waals surface area contributed by atoms with Crippen molar-refractivity contribution in [3.05, 3.63) is 0 Å². The number of aliphatic carboxylic acids is 1. The van der Waals surface area contributed by atoms with Gasteiger partial charge in [-0.15, -0.1) is 0 Å². The largest absolute Gasteiger partial charge is 0.480 e. The second kappa shape index (κ2) is 7.44. The van der Waals surface area contributed by atoms with Crippen LogP contribution in [0.25, 0.3) is 0 Å². The molecule has 1 aliphatic rings. The number of amides is 1. The summed E-state index contributed by atoms with van der Waals surface area (Å²) in [6.45, 7) is -1.67. The second-order valence-electron chi connectivity index (χ2n) is 4.52. The molecule has 1 fully saturated rings. The summed E-state index contributed by atoms with van der Waals surface area (Å²) in [7, 11) is 0. The molecular formula is C11H17F3N2O4. The van der Waals surface area contributed by atoms with Crippen molar-refractivity contribution in [1.82, 2.24) is 10.2 Å². The highest BCUT2D eigenvalue weighted by Crippen LogP contribution is 2.17. The molecule has 1 aliphatic heterocycles. The zero-order valence-electron chi connectivity index (χ0n) is 10.8. The minimum Gasteiger partial charge on any atom is -0.480 e. The molecule has 6 nitrogen and oxygen atoms in total. The Labute approximate surface area is 113 Å². The average molecular weight is 298 g/mol. The summed E-state index contributed by atoms with van der Waals surface area (Å²) in [6, 6.07) is 0. The van der Waals surface area contributed by atoms with E-state index in [-0.39, 0.29) is 11.0 Å². The predicted molar refractivity (Wildman–Crippen MR) is 62.1 cm³/mol. The first kappa shape index (κ1) is 16.7. The number of nitrogens with zero attached hydrogens (tertiary/aromatic N) is 1. The lowest BCUT2D eigenvalue weighted by Gasteiger charge is -2.25. The molecule has 9 heteroatoms. The van der Waals surface area contributed by atoms with E-state index in [1.165, 1.54) is 0 Å². The lowest BCUT2D eigenvalue weighted by atomic mass is 10.1. The quantitative estimate of drug-likeness (QED) is 0.734. The number of rotatable bonds is 6. The number of carboxylic acid groups (broad SMARTS) is 1. The van der Waals surface area contributed by atoms with Gasteiger partial charge >= 0.3 is 12.1 Å². The van der Waals surface area contributed by atoms with E-state index >= 15 is 0 Å². The van der Waals surface area contributed by atoms with E-state index in [1.54, 1.807) is 0 Å². The Morgan fingerprint density at radius 1 is 1.30 bits per heavy atom. The molecule has 0 spiro atoms. The Bertz CT molecular complexity index is 343. The Kier molecular flexibility index (Phi) is 6.21. The Morgan fingerprint density at radius 2 is 1.90 bits per heavy atom. The standard InChI is InChI=1S/C11H17F3N2O4/c12-11(13,14)7-16(5-10(18)19)9(17)6-20-8-1-3-15-4-2-8/h8,15H,1-7H2,(H,18,19). The summed E-state index contributed by atoms with van der Waals surface area (Å²) in [4.78, 5) is 22.4. The fourth-order valence-electron chi connectivity index (χ4n) is 1.85. The maximum Gasteiger partial charge on any atom is 0.406 e. The fraction of sp³-hybridized carbons (Fsp3) is 0.818. The van der Waals surface area contributed by atoms with Crippen LogP contribution in [-0.2, 0) is 14.3 Å². The van der Waals surface area contributed by atoms with Crippen LogP contribution in [0.3, 0.4) is 0 Å². The molecule has 0 aromatic carbocycles. The molecule has 1 saturated heterocycles. The van der Waals surface area contributed by atoms with Gasteiger partial charge in [0, 0.05) is 0 Å². The van der Waals surface area contributed by atoms with E-state index in [0.717, 1.165) is 13.1 Å². The molecule has 0 atom stereocenters. The monoisotopic (exact) mass is 298 g/mol. The minimum atomic E-state index is -4.64. The fourth-order valence-corrected chi connectivity index (χ4v) is 1.85. The number of piperidine rings is 1. The topological polar surface area (TPSA) is 78.9 Å². The third-order valence-corrected chi connectivity index (χ3v) is 2.78. The van der Waals surface area contributed by atoms with Crippen molar-refractivity contribution in [2.75, 3.05) is 32.8 Å². The first-order valence-electron chi connectivity index (χ1n) is 6.16. The van der Waals surface area contributed by atoms with Crippen LogP contribution in [-0.4, -0.2) is 66.9 Å². The number of hydrogen-bond acceptors (Lipinski definition) is 4. The summed E-state index contributed by atoms with van der Waals surface area (Å²) in [5.41, 5.74) is 0. The average Bonchev–Trinajstić information content (AvgIpc) is 2.34.